The molecule has 1 atom stereocenters. The molecule has 2 nitrogen and oxygen atoms in total. The summed E-state index contributed by atoms with van der Waals surface area (Å²) in [5.74, 6) is -0.412. The van der Waals surface area contributed by atoms with Crippen LogP contribution in [0.3, 0.4) is 0 Å². The number of thioether (sulfide) groups is 1. The highest BCUT2D eigenvalue weighted by Gasteiger charge is 2.14. The van der Waals surface area contributed by atoms with E-state index in [0.717, 1.165) is 4.90 Å². The van der Waals surface area contributed by atoms with Crippen molar-refractivity contribution in [2.24, 2.45) is 0 Å². The van der Waals surface area contributed by atoms with Gasteiger partial charge < -0.3 is 5.32 Å². The van der Waals surface area contributed by atoms with E-state index in [1.54, 1.807) is 12.1 Å². The second kappa shape index (κ2) is 6.38. The van der Waals surface area contributed by atoms with Crippen LogP contribution in [0.15, 0.2) is 59.5 Å². The molecule has 2 rings (SSSR count). The monoisotopic (exact) mass is 275 g/mol. The van der Waals surface area contributed by atoms with Crippen molar-refractivity contribution in [2.75, 3.05) is 5.32 Å². The summed E-state index contributed by atoms with van der Waals surface area (Å²) < 4.78 is 12.8. The van der Waals surface area contributed by atoms with Gasteiger partial charge in [0.2, 0.25) is 5.91 Å². The minimum atomic E-state index is -0.315. The maximum absolute atomic E-state index is 12.8. The molecule has 0 aliphatic carbocycles. The van der Waals surface area contributed by atoms with E-state index in [0.29, 0.717) is 5.69 Å². The molecule has 98 valence electrons. The predicted octanol–water partition coefficient (Wildman–Crippen LogP) is 3.95. The first-order valence-electron chi connectivity index (χ1n) is 5.93. The molecule has 1 unspecified atom stereocenters. The van der Waals surface area contributed by atoms with Crippen LogP contribution in [-0.2, 0) is 4.79 Å². The van der Waals surface area contributed by atoms with Gasteiger partial charge in [-0.15, -0.1) is 11.8 Å². The number of carbonyl (C=O) groups is 1. The Morgan fingerprint density at radius 2 is 1.74 bits per heavy atom. The van der Waals surface area contributed by atoms with Crippen molar-refractivity contribution in [1.82, 2.24) is 0 Å². The number of anilines is 1. The lowest BCUT2D eigenvalue weighted by Gasteiger charge is -2.11. The van der Waals surface area contributed by atoms with Crippen LogP contribution in [0.25, 0.3) is 0 Å². The number of hydrogen-bond donors (Lipinski definition) is 1. The number of amides is 1. The van der Waals surface area contributed by atoms with Crippen molar-refractivity contribution in [3.05, 3.63) is 60.4 Å². The van der Waals surface area contributed by atoms with Crippen LogP contribution in [-0.4, -0.2) is 11.2 Å². The lowest BCUT2D eigenvalue weighted by Crippen LogP contribution is -2.22. The molecule has 0 aliphatic heterocycles. The Hall–Kier alpha value is -1.81. The van der Waals surface area contributed by atoms with Gasteiger partial charge in [-0.05, 0) is 43.3 Å². The maximum Gasteiger partial charge on any atom is 0.237 e. The van der Waals surface area contributed by atoms with Crippen molar-refractivity contribution >= 4 is 23.4 Å². The highest BCUT2D eigenvalue weighted by atomic mass is 32.2. The van der Waals surface area contributed by atoms with Crippen LogP contribution in [0.4, 0.5) is 10.1 Å². The van der Waals surface area contributed by atoms with Gasteiger partial charge in [0, 0.05) is 10.6 Å². The fourth-order valence-electron chi connectivity index (χ4n) is 1.53. The topological polar surface area (TPSA) is 29.1 Å². The lowest BCUT2D eigenvalue weighted by molar-refractivity contribution is -0.115. The van der Waals surface area contributed by atoms with Gasteiger partial charge in [0.25, 0.3) is 0 Å². The molecule has 1 amide bonds. The number of hydrogen-bond acceptors (Lipinski definition) is 2. The van der Waals surface area contributed by atoms with E-state index in [1.165, 1.54) is 23.9 Å². The Balaban J connectivity index is 1.94. The van der Waals surface area contributed by atoms with Crippen molar-refractivity contribution in [2.45, 2.75) is 17.1 Å². The van der Waals surface area contributed by atoms with E-state index in [9.17, 15) is 9.18 Å². The van der Waals surface area contributed by atoms with Crippen molar-refractivity contribution < 1.29 is 9.18 Å². The molecule has 0 aliphatic rings. The van der Waals surface area contributed by atoms with E-state index in [4.69, 9.17) is 0 Å². The fraction of sp³-hybridized carbons (Fsp3) is 0.133. The SMILES string of the molecule is CC(Sc1ccccc1)C(=O)Nc1ccc(F)cc1. The third-order valence-corrected chi connectivity index (χ3v) is 3.65. The number of halogens is 1. The van der Waals surface area contributed by atoms with Gasteiger partial charge in [0.05, 0.1) is 5.25 Å². The zero-order valence-corrected chi connectivity index (χ0v) is 11.3. The Morgan fingerprint density at radius 3 is 2.37 bits per heavy atom. The zero-order valence-electron chi connectivity index (χ0n) is 10.5. The zero-order chi connectivity index (χ0) is 13.7. The largest absolute Gasteiger partial charge is 0.325 e. The van der Waals surface area contributed by atoms with Gasteiger partial charge in [-0.25, -0.2) is 4.39 Å². The van der Waals surface area contributed by atoms with E-state index in [-0.39, 0.29) is 17.0 Å². The number of nitrogens with one attached hydrogen (secondary N) is 1. The molecule has 0 saturated heterocycles. The molecule has 0 saturated carbocycles. The quantitative estimate of drug-likeness (QED) is 0.856. The predicted molar refractivity (Wildman–Crippen MR) is 76.8 cm³/mol. The minimum absolute atomic E-state index is 0.0968. The van der Waals surface area contributed by atoms with Gasteiger partial charge in [-0.3, -0.25) is 4.79 Å². The normalized spacial score (nSPS) is 11.9. The Bertz CT molecular complexity index is 542. The van der Waals surface area contributed by atoms with Gasteiger partial charge in [0.15, 0.2) is 0 Å². The second-order valence-electron chi connectivity index (χ2n) is 4.07. The molecule has 0 radical (unpaired) electrons. The van der Waals surface area contributed by atoms with Gasteiger partial charge in [-0.2, -0.15) is 0 Å². The highest BCUT2D eigenvalue weighted by molar-refractivity contribution is 8.00. The first-order chi connectivity index (χ1) is 9.15. The first kappa shape index (κ1) is 13.6. The average molecular weight is 275 g/mol. The van der Waals surface area contributed by atoms with E-state index in [2.05, 4.69) is 5.32 Å². The summed E-state index contributed by atoms with van der Waals surface area (Å²) in [6, 6.07) is 15.5. The van der Waals surface area contributed by atoms with Crippen LogP contribution < -0.4 is 5.32 Å². The van der Waals surface area contributed by atoms with E-state index < -0.39 is 0 Å². The van der Waals surface area contributed by atoms with Crippen LogP contribution >= 0.6 is 11.8 Å². The van der Waals surface area contributed by atoms with Crippen LogP contribution in [0.5, 0.6) is 0 Å². The molecule has 4 heteroatoms. The summed E-state index contributed by atoms with van der Waals surface area (Å²) in [6.07, 6.45) is 0. The van der Waals surface area contributed by atoms with E-state index in [1.807, 2.05) is 37.3 Å². The molecule has 0 aromatic heterocycles. The Labute approximate surface area is 116 Å². The summed E-state index contributed by atoms with van der Waals surface area (Å²) in [7, 11) is 0. The molecule has 1 N–H and O–H groups in total. The highest BCUT2D eigenvalue weighted by Crippen LogP contribution is 2.23. The third-order valence-electron chi connectivity index (χ3n) is 2.54. The Morgan fingerprint density at radius 1 is 1.11 bits per heavy atom. The lowest BCUT2D eigenvalue weighted by atomic mass is 10.3. The molecule has 2 aromatic rings. The standard InChI is InChI=1S/C15H14FNOS/c1-11(19-14-5-3-2-4-6-14)15(18)17-13-9-7-12(16)8-10-13/h2-11H,1H3,(H,17,18). The summed E-state index contributed by atoms with van der Waals surface area (Å²) in [6.45, 7) is 1.84. The summed E-state index contributed by atoms with van der Waals surface area (Å²) >= 11 is 1.49. The molecule has 2 aromatic carbocycles. The second-order valence-corrected chi connectivity index (χ2v) is 5.48. The first-order valence-corrected chi connectivity index (χ1v) is 6.81. The smallest absolute Gasteiger partial charge is 0.237 e. The maximum atomic E-state index is 12.8. The number of benzene rings is 2. The third kappa shape index (κ3) is 4.10. The molecule has 0 bridgehead atoms. The van der Waals surface area contributed by atoms with Crippen LogP contribution in [0.2, 0.25) is 0 Å². The summed E-state index contributed by atoms with van der Waals surface area (Å²) in [5, 5.41) is 2.55. The van der Waals surface area contributed by atoms with Crippen LogP contribution in [0.1, 0.15) is 6.92 Å². The van der Waals surface area contributed by atoms with Crippen molar-refractivity contribution in [1.29, 1.82) is 0 Å². The molecular formula is C15H14FNOS. The number of carbonyl (C=O) groups excluding carboxylic acids is 1. The van der Waals surface area contributed by atoms with Gasteiger partial charge in [0.1, 0.15) is 5.82 Å². The molecule has 0 heterocycles. The fourth-order valence-corrected chi connectivity index (χ4v) is 2.42. The summed E-state index contributed by atoms with van der Waals surface area (Å²) in [5.41, 5.74) is 0.604. The van der Waals surface area contributed by atoms with Crippen molar-refractivity contribution in [3.63, 3.8) is 0 Å². The minimum Gasteiger partial charge on any atom is -0.325 e. The molecular weight excluding hydrogens is 261 g/mol. The van der Waals surface area contributed by atoms with Crippen LogP contribution in [0, 0.1) is 5.82 Å². The van der Waals surface area contributed by atoms with E-state index >= 15 is 0 Å². The number of rotatable bonds is 4. The molecule has 0 spiro atoms. The van der Waals surface area contributed by atoms with Gasteiger partial charge >= 0.3 is 0 Å². The average Bonchev–Trinajstić information content (AvgIpc) is 2.42. The molecule has 0 fully saturated rings. The summed E-state index contributed by atoms with van der Waals surface area (Å²) in [4.78, 5) is 13.0. The Kier molecular flexibility index (Phi) is 4.58. The molecule has 19 heavy (non-hydrogen) atoms. The van der Waals surface area contributed by atoms with Crippen molar-refractivity contribution in [3.8, 4) is 0 Å². The van der Waals surface area contributed by atoms with Gasteiger partial charge in [-0.1, -0.05) is 18.2 Å².